The van der Waals surface area contributed by atoms with Gasteiger partial charge >= 0.3 is 5.97 Å². The number of aliphatic hydroxyl groups excluding tert-OH is 1. The van der Waals surface area contributed by atoms with E-state index in [1.54, 1.807) is 25.9 Å². The van der Waals surface area contributed by atoms with Crippen molar-refractivity contribution in [3.05, 3.63) is 6.33 Å². The number of hydrogen-bond acceptors (Lipinski definition) is 11. The molecule has 184 valence electrons. The van der Waals surface area contributed by atoms with Crippen LogP contribution in [0.25, 0.3) is 11.2 Å². The first-order valence-corrected chi connectivity index (χ1v) is 11.6. The number of nitrogens with one attached hydrogen (secondary N) is 1. The standard InChI is InChI=1S/C18H29FN7O6P/c1-6-30-15(28)9(2)24-33(29)31-7-10-12(27)18(3,19)16(32-10)26-8-21-11-13(25(4)5)22-17(20)23-14(11)26/h8-10,12,16,27,33H,6-7H2,1-5H3,(H,24,29)(H2,20,22,23)/t9-,10+,12+,16+,18+/m0/s1. The highest BCUT2D eigenvalue weighted by atomic mass is 31.1. The number of aromatic nitrogens is 4. The molecule has 1 aliphatic rings. The summed E-state index contributed by atoms with van der Waals surface area (Å²) in [6.07, 6.45) is -2.74. The molecule has 0 aromatic carbocycles. The van der Waals surface area contributed by atoms with Gasteiger partial charge in [0.15, 0.2) is 28.9 Å². The third kappa shape index (κ3) is 5.09. The molecule has 15 heteroatoms. The molecule has 33 heavy (non-hydrogen) atoms. The number of rotatable bonds is 9. The van der Waals surface area contributed by atoms with Crippen LogP contribution in [0.2, 0.25) is 0 Å². The highest BCUT2D eigenvalue weighted by Gasteiger charge is 2.55. The van der Waals surface area contributed by atoms with Gasteiger partial charge < -0.3 is 29.7 Å². The minimum absolute atomic E-state index is 0.0349. The fourth-order valence-corrected chi connectivity index (χ4v) is 4.32. The smallest absolute Gasteiger partial charge is 0.323 e. The highest BCUT2D eigenvalue weighted by Crippen LogP contribution is 2.43. The number of ether oxygens (including phenoxy) is 2. The van der Waals surface area contributed by atoms with Crippen LogP contribution in [0.15, 0.2) is 6.33 Å². The number of fused-ring (bicyclic) bond motifs is 1. The summed E-state index contributed by atoms with van der Waals surface area (Å²) in [4.78, 5) is 25.9. The molecule has 0 radical (unpaired) electrons. The first-order valence-electron chi connectivity index (χ1n) is 10.3. The largest absolute Gasteiger partial charge is 0.465 e. The highest BCUT2D eigenvalue weighted by molar-refractivity contribution is 7.36. The van der Waals surface area contributed by atoms with Gasteiger partial charge in [-0.25, -0.2) is 14.5 Å². The van der Waals surface area contributed by atoms with Crippen molar-refractivity contribution in [2.45, 2.75) is 50.9 Å². The molecule has 4 N–H and O–H groups in total. The van der Waals surface area contributed by atoms with Gasteiger partial charge in [-0.1, -0.05) is 0 Å². The zero-order chi connectivity index (χ0) is 24.5. The summed E-state index contributed by atoms with van der Waals surface area (Å²) < 4.78 is 44.9. The predicted molar refractivity (Wildman–Crippen MR) is 118 cm³/mol. The van der Waals surface area contributed by atoms with Crippen LogP contribution in [0.3, 0.4) is 0 Å². The van der Waals surface area contributed by atoms with E-state index < -0.39 is 44.3 Å². The topological polar surface area (TPSA) is 167 Å². The molecule has 1 unspecified atom stereocenters. The second-order valence-electron chi connectivity index (χ2n) is 7.96. The lowest BCUT2D eigenvalue weighted by molar-refractivity contribution is -0.144. The number of hydrogen-bond donors (Lipinski definition) is 3. The molecule has 1 fully saturated rings. The Kier molecular flexibility index (Phi) is 7.54. The van der Waals surface area contributed by atoms with Crippen LogP contribution in [0.5, 0.6) is 0 Å². The molecule has 2 aromatic heterocycles. The molecule has 0 bridgehead atoms. The van der Waals surface area contributed by atoms with Crippen LogP contribution in [0.1, 0.15) is 27.0 Å². The van der Waals surface area contributed by atoms with Crippen LogP contribution in [-0.2, 0) is 23.4 Å². The molecule has 13 nitrogen and oxygen atoms in total. The van der Waals surface area contributed by atoms with Crippen molar-refractivity contribution in [1.29, 1.82) is 0 Å². The van der Waals surface area contributed by atoms with Gasteiger partial charge in [-0.3, -0.25) is 13.9 Å². The normalized spacial score (nSPS) is 26.9. The maximum Gasteiger partial charge on any atom is 0.323 e. The van der Waals surface area contributed by atoms with Crippen molar-refractivity contribution < 1.29 is 32.9 Å². The summed E-state index contributed by atoms with van der Waals surface area (Å²) in [5, 5.41) is 13.0. The molecule has 0 spiro atoms. The van der Waals surface area contributed by atoms with Crippen molar-refractivity contribution in [3.63, 3.8) is 0 Å². The Morgan fingerprint density at radius 1 is 1.52 bits per heavy atom. The van der Waals surface area contributed by atoms with E-state index in [2.05, 4.69) is 20.0 Å². The second-order valence-corrected chi connectivity index (χ2v) is 9.12. The fourth-order valence-electron chi connectivity index (χ4n) is 3.45. The molecule has 3 heterocycles. The number of imidazole rings is 1. The summed E-state index contributed by atoms with van der Waals surface area (Å²) in [7, 11) is 0.603. The Hall–Kier alpha value is -2.38. The van der Waals surface area contributed by atoms with Crippen LogP contribution in [-0.4, -0.2) is 81.8 Å². The third-order valence-electron chi connectivity index (χ3n) is 5.17. The van der Waals surface area contributed by atoms with E-state index in [-0.39, 0.29) is 24.8 Å². The van der Waals surface area contributed by atoms with Gasteiger partial charge in [0, 0.05) is 14.1 Å². The Morgan fingerprint density at radius 2 is 2.21 bits per heavy atom. The molecule has 1 saturated heterocycles. The number of nitrogen functional groups attached to an aromatic ring is 1. The van der Waals surface area contributed by atoms with E-state index >= 15 is 4.39 Å². The van der Waals surface area contributed by atoms with E-state index in [1.807, 2.05) is 0 Å². The molecule has 3 rings (SSSR count). The molecular weight excluding hydrogens is 460 g/mol. The number of nitrogens with two attached hydrogens (primary N) is 1. The van der Waals surface area contributed by atoms with Gasteiger partial charge in [0.05, 0.1) is 19.5 Å². The van der Waals surface area contributed by atoms with E-state index in [0.717, 1.165) is 0 Å². The van der Waals surface area contributed by atoms with Crippen molar-refractivity contribution in [1.82, 2.24) is 24.6 Å². The maximum absolute atomic E-state index is 15.6. The molecule has 6 atom stereocenters. The van der Waals surface area contributed by atoms with Crippen molar-refractivity contribution in [2.75, 3.05) is 37.9 Å². The monoisotopic (exact) mass is 489 g/mol. The number of nitrogens with zero attached hydrogens (tertiary/aromatic N) is 5. The van der Waals surface area contributed by atoms with Gasteiger partial charge in [0.25, 0.3) is 8.18 Å². The second kappa shape index (κ2) is 9.85. The minimum atomic E-state index is -2.90. The van der Waals surface area contributed by atoms with Gasteiger partial charge in [0.2, 0.25) is 5.95 Å². The average molecular weight is 489 g/mol. The van der Waals surface area contributed by atoms with Gasteiger partial charge in [-0.05, 0) is 20.8 Å². The SMILES string of the molecule is CCOC(=O)[C@H](C)N[PH](=O)OC[C@H]1O[C@@H](n2cnc3c(N(C)C)nc(N)nc32)[C@](C)(F)[C@@H]1O. The van der Waals surface area contributed by atoms with E-state index in [9.17, 15) is 14.5 Å². The summed E-state index contributed by atoms with van der Waals surface area (Å²) in [6.45, 7) is 4.10. The number of aliphatic hydroxyl groups is 1. The van der Waals surface area contributed by atoms with Crippen molar-refractivity contribution in [2.24, 2.45) is 0 Å². The van der Waals surface area contributed by atoms with E-state index in [1.165, 1.54) is 24.7 Å². The zero-order valence-corrected chi connectivity index (χ0v) is 20.0. The molecule has 0 aliphatic carbocycles. The van der Waals surface area contributed by atoms with E-state index in [0.29, 0.717) is 11.3 Å². The molecule has 0 amide bonds. The van der Waals surface area contributed by atoms with Crippen molar-refractivity contribution >= 4 is 37.1 Å². The first-order chi connectivity index (χ1) is 15.5. The Balaban J connectivity index is 1.75. The molecule has 1 aliphatic heterocycles. The Morgan fingerprint density at radius 3 is 2.85 bits per heavy atom. The number of esters is 1. The first kappa shape index (κ1) is 25.2. The molecular formula is C18H29FN7O6P. The Bertz CT molecular complexity index is 1040. The minimum Gasteiger partial charge on any atom is -0.465 e. The lowest BCUT2D eigenvalue weighted by Crippen LogP contribution is -2.40. The summed E-state index contributed by atoms with van der Waals surface area (Å²) in [5.41, 5.74) is 4.15. The van der Waals surface area contributed by atoms with Crippen LogP contribution in [0, 0.1) is 0 Å². The van der Waals surface area contributed by atoms with E-state index in [4.69, 9.17) is 19.7 Å². The number of halogens is 1. The van der Waals surface area contributed by atoms with Crippen LogP contribution in [0.4, 0.5) is 16.2 Å². The van der Waals surface area contributed by atoms with Gasteiger partial charge in [-0.15, -0.1) is 0 Å². The summed E-state index contributed by atoms with van der Waals surface area (Å²) >= 11 is 0. The lowest BCUT2D eigenvalue weighted by atomic mass is 9.98. The summed E-state index contributed by atoms with van der Waals surface area (Å²) in [5.74, 6) is -0.179. The summed E-state index contributed by atoms with van der Waals surface area (Å²) in [6, 6.07) is -0.863. The van der Waals surface area contributed by atoms with Crippen LogP contribution >= 0.6 is 8.18 Å². The predicted octanol–water partition coefficient (Wildman–Crippen LogP) is 0.409. The fraction of sp³-hybridized carbons (Fsp3) is 0.667. The number of alkyl halides is 1. The van der Waals surface area contributed by atoms with Gasteiger partial charge in [0.1, 0.15) is 18.2 Å². The van der Waals surface area contributed by atoms with Gasteiger partial charge in [-0.2, -0.15) is 9.97 Å². The lowest BCUT2D eigenvalue weighted by Gasteiger charge is -2.24. The zero-order valence-electron chi connectivity index (χ0n) is 19.0. The van der Waals surface area contributed by atoms with Crippen LogP contribution < -0.4 is 15.7 Å². The van der Waals surface area contributed by atoms with Crippen molar-refractivity contribution in [3.8, 4) is 0 Å². The number of carbonyl (C=O) groups excluding carboxylic acids is 1. The maximum atomic E-state index is 15.6. The quantitative estimate of drug-likeness (QED) is 0.328. The molecule has 0 saturated carbocycles. The Labute approximate surface area is 190 Å². The average Bonchev–Trinajstić information content (AvgIpc) is 3.24. The molecule has 2 aromatic rings. The number of anilines is 2. The third-order valence-corrected chi connectivity index (χ3v) is 6.26. The number of carbonyl (C=O) groups is 1.